The highest BCUT2D eigenvalue weighted by Gasteiger charge is 2.13. The minimum atomic E-state index is -0.0538. The molecule has 0 spiro atoms. The van der Waals surface area contributed by atoms with Crippen LogP contribution in [0.25, 0.3) is 0 Å². The summed E-state index contributed by atoms with van der Waals surface area (Å²) in [5.41, 5.74) is 2.88. The van der Waals surface area contributed by atoms with E-state index in [0.29, 0.717) is 27.5 Å². The first-order chi connectivity index (χ1) is 15.3. The summed E-state index contributed by atoms with van der Waals surface area (Å²) in [6.07, 6.45) is 0. The van der Waals surface area contributed by atoms with Gasteiger partial charge in [-0.05, 0) is 36.1 Å². The number of amides is 1. The Bertz CT molecular complexity index is 1050. The van der Waals surface area contributed by atoms with Gasteiger partial charge in [0, 0.05) is 37.0 Å². The molecule has 0 aliphatic carbocycles. The van der Waals surface area contributed by atoms with E-state index < -0.39 is 0 Å². The van der Waals surface area contributed by atoms with Gasteiger partial charge in [0.05, 0.1) is 0 Å². The predicted octanol–water partition coefficient (Wildman–Crippen LogP) is 5.83. The monoisotopic (exact) mass is 468 g/mol. The fourth-order valence-electron chi connectivity index (χ4n) is 2.99. The summed E-state index contributed by atoms with van der Waals surface area (Å²) in [6, 6.07) is 19.8. The molecule has 0 fully saturated rings. The van der Waals surface area contributed by atoms with Crippen LogP contribution in [-0.2, 0) is 12.3 Å². The summed E-state index contributed by atoms with van der Waals surface area (Å²) in [6.45, 7) is 6.93. The predicted molar refractivity (Wildman–Crippen MR) is 133 cm³/mol. The smallest absolute Gasteiger partial charge is 0.251 e. The van der Waals surface area contributed by atoms with Crippen molar-refractivity contribution in [3.63, 3.8) is 0 Å². The number of benzene rings is 2. The lowest BCUT2D eigenvalue weighted by Crippen LogP contribution is -2.36. The lowest BCUT2D eigenvalue weighted by molar-refractivity contribution is 0.0930. The van der Waals surface area contributed by atoms with E-state index in [9.17, 15) is 4.79 Å². The molecule has 1 atom stereocenters. The number of nitrogens with zero attached hydrogens (tertiary/aromatic N) is 3. The van der Waals surface area contributed by atoms with E-state index in [1.165, 1.54) is 17.3 Å². The van der Waals surface area contributed by atoms with Gasteiger partial charge in [-0.1, -0.05) is 79.7 Å². The normalized spacial score (nSPS) is 11.9. The molecule has 5 nitrogen and oxygen atoms in total. The van der Waals surface area contributed by atoms with Gasteiger partial charge in [-0.15, -0.1) is 0 Å². The second-order valence-corrected chi connectivity index (χ2v) is 9.50. The van der Waals surface area contributed by atoms with Gasteiger partial charge < -0.3 is 10.2 Å². The Morgan fingerprint density at radius 1 is 1.03 bits per heavy atom. The Morgan fingerprint density at radius 2 is 1.75 bits per heavy atom. The van der Waals surface area contributed by atoms with Gasteiger partial charge in [0.25, 0.3) is 5.91 Å². The lowest BCUT2D eigenvalue weighted by atomic mass is 10.1. The Labute approximate surface area is 199 Å². The standard InChI is InChI=1S/C25H29ClN4OS/c1-17(2)18(3)27-24(31)21-12-8-11-20(13-21)16-32-25-28-22(26)14-23(29-25)30(4)15-19-9-6-5-7-10-19/h5-14,17-18H,15-16H2,1-4H3,(H,27,31). The molecule has 7 heteroatoms. The number of halogens is 1. The van der Waals surface area contributed by atoms with E-state index in [-0.39, 0.29) is 11.9 Å². The van der Waals surface area contributed by atoms with E-state index in [0.717, 1.165) is 17.9 Å². The lowest BCUT2D eigenvalue weighted by Gasteiger charge is -2.19. The van der Waals surface area contributed by atoms with Crippen molar-refractivity contribution in [3.05, 3.63) is 82.5 Å². The number of hydrogen-bond acceptors (Lipinski definition) is 5. The number of aromatic nitrogens is 2. The molecule has 1 heterocycles. The highest BCUT2D eigenvalue weighted by atomic mass is 35.5. The first-order valence-electron chi connectivity index (χ1n) is 10.6. The topological polar surface area (TPSA) is 58.1 Å². The third kappa shape index (κ3) is 6.97. The molecule has 3 aromatic rings. The van der Waals surface area contributed by atoms with E-state index in [4.69, 9.17) is 11.6 Å². The van der Waals surface area contributed by atoms with Crippen LogP contribution in [0.4, 0.5) is 5.82 Å². The van der Waals surface area contributed by atoms with Gasteiger partial charge in [0.15, 0.2) is 5.16 Å². The zero-order valence-electron chi connectivity index (χ0n) is 18.9. The minimum absolute atomic E-state index is 0.0538. The fourth-order valence-corrected chi connectivity index (χ4v) is 4.01. The molecular weight excluding hydrogens is 440 g/mol. The second kappa shape index (κ2) is 11.3. The Hall–Kier alpha value is -2.57. The van der Waals surface area contributed by atoms with Crippen molar-refractivity contribution in [1.29, 1.82) is 0 Å². The van der Waals surface area contributed by atoms with Crippen LogP contribution in [0.2, 0.25) is 5.15 Å². The molecule has 0 saturated carbocycles. The van der Waals surface area contributed by atoms with Crippen molar-refractivity contribution in [2.45, 2.75) is 44.3 Å². The van der Waals surface area contributed by atoms with Crippen LogP contribution < -0.4 is 10.2 Å². The SMILES string of the molecule is CC(C)C(C)NC(=O)c1cccc(CSc2nc(Cl)cc(N(C)Cc3ccccc3)n2)c1. The Balaban J connectivity index is 1.66. The van der Waals surface area contributed by atoms with E-state index in [1.807, 2.05) is 61.3 Å². The maximum absolute atomic E-state index is 12.5. The number of hydrogen-bond donors (Lipinski definition) is 1. The van der Waals surface area contributed by atoms with Gasteiger partial charge in [0.1, 0.15) is 11.0 Å². The number of anilines is 1. The van der Waals surface area contributed by atoms with Gasteiger partial charge in [-0.2, -0.15) is 0 Å². The van der Waals surface area contributed by atoms with Crippen molar-refractivity contribution in [1.82, 2.24) is 15.3 Å². The molecule has 168 valence electrons. The molecule has 0 bridgehead atoms. The number of thioether (sulfide) groups is 1. The molecule has 0 radical (unpaired) electrons. The summed E-state index contributed by atoms with van der Waals surface area (Å²) in [7, 11) is 1.99. The number of nitrogens with one attached hydrogen (secondary N) is 1. The quantitative estimate of drug-likeness (QED) is 0.243. The number of rotatable bonds is 9. The summed E-state index contributed by atoms with van der Waals surface area (Å²) in [5.74, 6) is 1.74. The summed E-state index contributed by atoms with van der Waals surface area (Å²) in [5, 5.41) is 4.07. The molecule has 1 aromatic heterocycles. The average molecular weight is 469 g/mol. The average Bonchev–Trinajstić information content (AvgIpc) is 2.78. The zero-order chi connectivity index (χ0) is 23.1. The third-order valence-corrected chi connectivity index (χ3v) is 6.34. The van der Waals surface area contributed by atoms with E-state index in [2.05, 4.69) is 41.3 Å². The Kier molecular flexibility index (Phi) is 8.53. The van der Waals surface area contributed by atoms with Gasteiger partial charge in [0.2, 0.25) is 0 Å². The molecule has 3 rings (SSSR count). The molecule has 0 saturated heterocycles. The van der Waals surface area contributed by atoms with Gasteiger partial charge in [-0.25, -0.2) is 9.97 Å². The minimum Gasteiger partial charge on any atom is -0.355 e. The van der Waals surface area contributed by atoms with Crippen LogP contribution in [0, 0.1) is 5.92 Å². The number of carbonyl (C=O) groups is 1. The molecule has 32 heavy (non-hydrogen) atoms. The van der Waals surface area contributed by atoms with Crippen LogP contribution in [0.5, 0.6) is 0 Å². The molecule has 2 aromatic carbocycles. The van der Waals surface area contributed by atoms with Crippen molar-refractivity contribution in [2.75, 3.05) is 11.9 Å². The van der Waals surface area contributed by atoms with Crippen LogP contribution in [0.1, 0.15) is 42.3 Å². The largest absolute Gasteiger partial charge is 0.355 e. The first-order valence-corrected chi connectivity index (χ1v) is 12.0. The van der Waals surface area contributed by atoms with Crippen LogP contribution in [0.3, 0.4) is 0 Å². The molecule has 0 aliphatic heterocycles. The molecule has 1 amide bonds. The summed E-state index contributed by atoms with van der Waals surface area (Å²) >= 11 is 7.78. The fraction of sp³-hybridized carbons (Fsp3) is 0.320. The van der Waals surface area contributed by atoms with Crippen molar-refractivity contribution in [3.8, 4) is 0 Å². The molecule has 1 N–H and O–H groups in total. The third-order valence-electron chi connectivity index (χ3n) is 5.23. The van der Waals surface area contributed by atoms with Crippen LogP contribution in [-0.4, -0.2) is 29.0 Å². The maximum Gasteiger partial charge on any atom is 0.251 e. The summed E-state index contributed by atoms with van der Waals surface area (Å²) in [4.78, 5) is 23.6. The van der Waals surface area contributed by atoms with Crippen molar-refractivity contribution >= 4 is 35.1 Å². The first kappa shape index (κ1) is 24.1. The van der Waals surface area contributed by atoms with Crippen LogP contribution >= 0.6 is 23.4 Å². The Morgan fingerprint density at radius 3 is 2.47 bits per heavy atom. The zero-order valence-corrected chi connectivity index (χ0v) is 20.5. The van der Waals surface area contributed by atoms with Gasteiger partial charge >= 0.3 is 0 Å². The van der Waals surface area contributed by atoms with Crippen molar-refractivity contribution in [2.24, 2.45) is 5.92 Å². The highest BCUT2D eigenvalue weighted by Crippen LogP contribution is 2.25. The second-order valence-electron chi connectivity index (χ2n) is 8.17. The maximum atomic E-state index is 12.5. The van der Waals surface area contributed by atoms with Crippen LogP contribution in [0.15, 0.2) is 65.8 Å². The summed E-state index contributed by atoms with van der Waals surface area (Å²) < 4.78 is 0. The number of carbonyl (C=O) groups excluding carboxylic acids is 1. The molecule has 0 aliphatic rings. The molecular formula is C25H29ClN4OS. The van der Waals surface area contributed by atoms with E-state index >= 15 is 0 Å². The highest BCUT2D eigenvalue weighted by molar-refractivity contribution is 7.98. The van der Waals surface area contributed by atoms with Crippen molar-refractivity contribution < 1.29 is 4.79 Å². The molecule has 1 unspecified atom stereocenters. The van der Waals surface area contributed by atoms with E-state index in [1.54, 1.807) is 6.07 Å². The van der Waals surface area contributed by atoms with Gasteiger partial charge in [-0.3, -0.25) is 4.79 Å².